The summed E-state index contributed by atoms with van der Waals surface area (Å²) in [4.78, 5) is 15.3. The van der Waals surface area contributed by atoms with Gasteiger partial charge in [-0.05, 0) is 122 Å². The van der Waals surface area contributed by atoms with Gasteiger partial charge in [0.05, 0.1) is 12.2 Å². The Hall–Kier alpha value is -1.39. The van der Waals surface area contributed by atoms with Crippen molar-refractivity contribution in [1.82, 2.24) is 4.90 Å². The number of carbonyl (C=O) groups excluding carboxylic acids is 1. The van der Waals surface area contributed by atoms with E-state index in [0.717, 1.165) is 51.6 Å². The molecule has 4 aliphatic carbocycles. The molecule has 4 fully saturated rings. The normalized spacial score (nSPS) is 43.8. The van der Waals surface area contributed by atoms with Crippen LogP contribution in [0.1, 0.15) is 96.1 Å². The van der Waals surface area contributed by atoms with Gasteiger partial charge in [-0.2, -0.15) is 0 Å². The van der Waals surface area contributed by atoms with Crippen LogP contribution < -0.4 is 0 Å². The quantitative estimate of drug-likeness (QED) is 0.527. The van der Waals surface area contributed by atoms with Crippen LogP contribution in [0.15, 0.2) is 24.3 Å². The molecular formula is C33H49NO3. The fourth-order valence-electron chi connectivity index (χ4n) is 10.6. The van der Waals surface area contributed by atoms with E-state index in [1.165, 1.54) is 36.8 Å². The molecule has 1 amide bonds. The summed E-state index contributed by atoms with van der Waals surface area (Å²) in [5, 5.41) is 21.8. The van der Waals surface area contributed by atoms with Gasteiger partial charge in [-0.1, -0.05) is 45.0 Å². The molecule has 204 valence electrons. The molecule has 0 saturated heterocycles. The van der Waals surface area contributed by atoms with E-state index in [4.69, 9.17) is 0 Å². The number of amides is 1. The first-order chi connectivity index (χ1) is 17.7. The van der Waals surface area contributed by atoms with Gasteiger partial charge in [-0.3, -0.25) is 4.79 Å². The summed E-state index contributed by atoms with van der Waals surface area (Å²) in [6.07, 6.45) is 11.1. The van der Waals surface area contributed by atoms with E-state index in [1.54, 1.807) is 0 Å². The minimum Gasteiger partial charge on any atom is -0.393 e. The number of aliphatic hydroxyl groups excluding tert-OH is 2. The van der Waals surface area contributed by atoms with Gasteiger partial charge in [0.25, 0.3) is 0 Å². The van der Waals surface area contributed by atoms with E-state index in [9.17, 15) is 15.0 Å². The van der Waals surface area contributed by atoms with Gasteiger partial charge in [-0.25, -0.2) is 0 Å². The molecule has 0 unspecified atom stereocenters. The minimum absolute atomic E-state index is 0.171. The predicted molar refractivity (Wildman–Crippen MR) is 147 cm³/mol. The van der Waals surface area contributed by atoms with Gasteiger partial charge >= 0.3 is 0 Å². The molecular weight excluding hydrogens is 458 g/mol. The van der Waals surface area contributed by atoms with Crippen LogP contribution in [0.3, 0.4) is 0 Å². The number of rotatable bonds is 4. The van der Waals surface area contributed by atoms with E-state index in [-0.39, 0.29) is 23.0 Å². The number of hydrogen-bond donors (Lipinski definition) is 2. The second-order valence-corrected chi connectivity index (χ2v) is 14.3. The van der Waals surface area contributed by atoms with Gasteiger partial charge in [0.15, 0.2) is 0 Å². The summed E-state index contributed by atoms with van der Waals surface area (Å²) in [5.41, 5.74) is 3.28. The first-order valence-corrected chi connectivity index (χ1v) is 15.4. The highest BCUT2D eigenvalue weighted by Crippen LogP contribution is 2.68. The lowest BCUT2D eigenvalue weighted by Gasteiger charge is -2.62. The Morgan fingerprint density at radius 1 is 1.00 bits per heavy atom. The summed E-state index contributed by atoms with van der Waals surface area (Å²) in [6, 6.07) is 8.56. The Labute approximate surface area is 224 Å². The number of benzene rings is 1. The largest absolute Gasteiger partial charge is 0.393 e. The molecule has 6 rings (SSSR count). The van der Waals surface area contributed by atoms with Crippen LogP contribution in [-0.4, -0.2) is 39.8 Å². The van der Waals surface area contributed by atoms with Crippen molar-refractivity contribution >= 4 is 5.91 Å². The Bertz CT molecular complexity index is 1010. The molecule has 1 aromatic rings. The van der Waals surface area contributed by atoms with Gasteiger partial charge in [0, 0.05) is 19.5 Å². The van der Waals surface area contributed by atoms with Crippen LogP contribution in [0.25, 0.3) is 0 Å². The standard InChI is InChI=1S/C33H49NO3/c1-21(8-11-30(37)34-17-14-22-6-4-5-7-23(22)20-34)26-9-10-27-31-28(13-16-33(26,27)3)32(2)15-12-25(35)18-24(32)19-29(31)36/h4-7,21,24-29,31,35-36H,8-20H2,1-3H3/t21-,24+,25-,26-,27+,28+,29+,31+,32+,33-/m0/s1. The van der Waals surface area contributed by atoms with Crippen LogP contribution in [0.2, 0.25) is 0 Å². The summed E-state index contributed by atoms with van der Waals surface area (Å²) < 4.78 is 0. The van der Waals surface area contributed by atoms with E-state index < -0.39 is 0 Å². The summed E-state index contributed by atoms with van der Waals surface area (Å²) in [6.45, 7) is 9.06. The van der Waals surface area contributed by atoms with Crippen LogP contribution >= 0.6 is 0 Å². The Morgan fingerprint density at radius 3 is 2.54 bits per heavy atom. The second kappa shape index (κ2) is 9.66. The minimum atomic E-state index is -0.212. The molecule has 1 heterocycles. The first-order valence-electron chi connectivity index (χ1n) is 15.4. The molecule has 0 spiro atoms. The smallest absolute Gasteiger partial charge is 0.222 e. The summed E-state index contributed by atoms with van der Waals surface area (Å²) >= 11 is 0. The molecule has 5 aliphatic rings. The number of hydrogen-bond acceptors (Lipinski definition) is 3. The third-order valence-electron chi connectivity index (χ3n) is 12.7. The van der Waals surface area contributed by atoms with Gasteiger partial charge < -0.3 is 15.1 Å². The molecule has 10 atom stereocenters. The third kappa shape index (κ3) is 4.29. The maximum atomic E-state index is 13.2. The summed E-state index contributed by atoms with van der Waals surface area (Å²) in [7, 11) is 0. The lowest BCUT2D eigenvalue weighted by molar-refractivity contribution is -0.174. The van der Waals surface area contributed by atoms with Crippen molar-refractivity contribution < 1.29 is 15.0 Å². The lowest BCUT2D eigenvalue weighted by Crippen LogP contribution is -2.58. The van der Waals surface area contributed by atoms with Crippen molar-refractivity contribution in [2.45, 2.75) is 110 Å². The molecule has 2 N–H and O–H groups in total. The Morgan fingerprint density at radius 2 is 1.73 bits per heavy atom. The highest BCUT2D eigenvalue weighted by Gasteiger charge is 2.62. The van der Waals surface area contributed by atoms with Crippen LogP contribution in [0.4, 0.5) is 0 Å². The molecule has 4 heteroatoms. The molecule has 37 heavy (non-hydrogen) atoms. The van der Waals surface area contributed by atoms with E-state index in [0.29, 0.717) is 47.8 Å². The van der Waals surface area contributed by atoms with E-state index >= 15 is 0 Å². The molecule has 1 aromatic carbocycles. The van der Waals surface area contributed by atoms with Crippen molar-refractivity contribution in [3.05, 3.63) is 35.4 Å². The highest BCUT2D eigenvalue weighted by atomic mass is 16.3. The van der Waals surface area contributed by atoms with Crippen LogP contribution in [0, 0.1) is 46.3 Å². The maximum absolute atomic E-state index is 13.2. The zero-order valence-electron chi connectivity index (χ0n) is 23.4. The average molecular weight is 508 g/mol. The topological polar surface area (TPSA) is 60.8 Å². The van der Waals surface area contributed by atoms with Crippen molar-refractivity contribution in [3.63, 3.8) is 0 Å². The summed E-state index contributed by atoms with van der Waals surface area (Å²) in [5.74, 6) is 3.62. The van der Waals surface area contributed by atoms with Crippen molar-refractivity contribution in [2.75, 3.05) is 6.54 Å². The maximum Gasteiger partial charge on any atom is 0.222 e. The number of nitrogens with zero attached hydrogens (tertiary/aromatic N) is 1. The number of carbonyl (C=O) groups is 1. The zero-order valence-corrected chi connectivity index (χ0v) is 23.4. The predicted octanol–water partition coefficient (Wildman–Crippen LogP) is 5.98. The Balaban J connectivity index is 1.10. The fraction of sp³-hybridized carbons (Fsp3) is 0.788. The van der Waals surface area contributed by atoms with Gasteiger partial charge in [0.1, 0.15) is 0 Å². The van der Waals surface area contributed by atoms with E-state index in [1.807, 2.05) is 0 Å². The van der Waals surface area contributed by atoms with Gasteiger partial charge in [-0.15, -0.1) is 0 Å². The van der Waals surface area contributed by atoms with E-state index in [2.05, 4.69) is 49.9 Å². The zero-order chi connectivity index (χ0) is 25.9. The molecule has 1 aliphatic heterocycles. The molecule has 0 bridgehead atoms. The Kier molecular flexibility index (Phi) is 6.75. The van der Waals surface area contributed by atoms with Gasteiger partial charge in [0.2, 0.25) is 5.91 Å². The van der Waals surface area contributed by atoms with Crippen molar-refractivity contribution in [3.8, 4) is 0 Å². The molecule has 4 nitrogen and oxygen atoms in total. The second-order valence-electron chi connectivity index (χ2n) is 14.3. The van der Waals surface area contributed by atoms with Crippen LogP contribution in [0.5, 0.6) is 0 Å². The molecule has 0 aromatic heterocycles. The lowest BCUT2D eigenvalue weighted by atomic mass is 9.43. The van der Waals surface area contributed by atoms with Crippen molar-refractivity contribution in [1.29, 1.82) is 0 Å². The monoisotopic (exact) mass is 507 g/mol. The number of aliphatic hydroxyl groups is 2. The molecule has 0 radical (unpaired) electrons. The molecule has 4 saturated carbocycles. The third-order valence-corrected chi connectivity index (χ3v) is 12.7. The SMILES string of the molecule is C[C@@H](CCC(=O)N1CCc2ccccc2C1)[C@@H]1CC[C@@H]2[C@H]3[C@H](O)C[C@H]4C[C@@H](O)CC[C@@]4(C)[C@@H]3CC[C@]21C. The van der Waals surface area contributed by atoms with Crippen LogP contribution in [-0.2, 0) is 17.8 Å². The highest BCUT2D eigenvalue weighted by molar-refractivity contribution is 5.76. The van der Waals surface area contributed by atoms with Crippen molar-refractivity contribution in [2.24, 2.45) is 46.3 Å². The number of fused-ring (bicyclic) bond motifs is 6. The first kappa shape index (κ1) is 25.9. The fourth-order valence-corrected chi connectivity index (χ4v) is 10.6. The average Bonchev–Trinajstić information content (AvgIpc) is 3.25.